The number of nitrogens with zero attached hydrogens (tertiary/aromatic N) is 5. The van der Waals surface area contributed by atoms with Gasteiger partial charge in [-0.1, -0.05) is 0 Å². The topological polar surface area (TPSA) is 95.7 Å². The Hall–Kier alpha value is -2.09. The van der Waals surface area contributed by atoms with Crippen LogP contribution in [0.2, 0.25) is 0 Å². The summed E-state index contributed by atoms with van der Waals surface area (Å²) < 4.78 is 6.52. The predicted octanol–water partition coefficient (Wildman–Crippen LogP) is 1.08. The fourth-order valence-corrected chi connectivity index (χ4v) is 2.25. The molecule has 7 nitrogen and oxygen atoms in total. The lowest BCUT2D eigenvalue weighted by molar-refractivity contribution is 0.315. The van der Waals surface area contributed by atoms with Crippen LogP contribution < -0.4 is 5.73 Å². The highest BCUT2D eigenvalue weighted by Crippen LogP contribution is 2.32. The third kappa shape index (κ3) is 1.62. The molecular formula is C9H8N6OS. The van der Waals surface area contributed by atoms with Crippen LogP contribution in [-0.2, 0) is 7.05 Å². The Bertz CT molecular complexity index is 675. The molecule has 0 radical (unpaired) electrons. The molecule has 0 amide bonds. The number of anilines is 1. The largest absolute Gasteiger partial charge is 0.397 e. The van der Waals surface area contributed by atoms with Crippen molar-refractivity contribution in [2.24, 2.45) is 7.05 Å². The Labute approximate surface area is 100.0 Å². The summed E-state index contributed by atoms with van der Waals surface area (Å²) in [7, 11) is 1.87. The minimum atomic E-state index is 0.545. The molecule has 1 aromatic carbocycles. The van der Waals surface area contributed by atoms with Crippen LogP contribution in [0.15, 0.2) is 33.1 Å². The number of fused-ring (bicyclic) bond motifs is 1. The maximum Gasteiger partial charge on any atom is 0.195 e. The highest BCUT2D eigenvalue weighted by atomic mass is 32.2. The maximum absolute atomic E-state index is 5.77. The van der Waals surface area contributed by atoms with Crippen molar-refractivity contribution in [3.05, 3.63) is 18.5 Å². The molecule has 0 aliphatic rings. The van der Waals surface area contributed by atoms with Gasteiger partial charge in [0, 0.05) is 11.9 Å². The van der Waals surface area contributed by atoms with Gasteiger partial charge in [0.1, 0.15) is 6.33 Å². The van der Waals surface area contributed by atoms with E-state index in [4.69, 9.17) is 10.4 Å². The molecule has 3 aromatic rings. The zero-order chi connectivity index (χ0) is 11.8. The van der Waals surface area contributed by atoms with Crippen molar-refractivity contribution in [2.75, 3.05) is 5.73 Å². The molecule has 0 fully saturated rings. The second-order valence-electron chi connectivity index (χ2n) is 3.44. The molecule has 0 saturated heterocycles. The van der Waals surface area contributed by atoms with Crippen LogP contribution in [0.3, 0.4) is 0 Å². The summed E-state index contributed by atoms with van der Waals surface area (Å²) in [5.41, 5.74) is 7.52. The molecule has 3 rings (SSSR count). The Morgan fingerprint density at radius 3 is 2.88 bits per heavy atom. The van der Waals surface area contributed by atoms with E-state index >= 15 is 0 Å². The van der Waals surface area contributed by atoms with E-state index in [1.54, 1.807) is 12.4 Å². The van der Waals surface area contributed by atoms with Gasteiger partial charge < -0.3 is 10.3 Å². The summed E-state index contributed by atoms with van der Waals surface area (Å²) in [6.45, 7) is 0. The van der Waals surface area contributed by atoms with Gasteiger partial charge >= 0.3 is 0 Å². The summed E-state index contributed by atoms with van der Waals surface area (Å²) in [5, 5.41) is 16.2. The van der Waals surface area contributed by atoms with Crippen molar-refractivity contribution in [2.45, 2.75) is 10.1 Å². The van der Waals surface area contributed by atoms with Gasteiger partial charge in [-0.15, -0.1) is 10.2 Å². The average Bonchev–Trinajstić information content (AvgIpc) is 2.93. The Kier molecular flexibility index (Phi) is 2.22. The van der Waals surface area contributed by atoms with Crippen molar-refractivity contribution < 1.29 is 4.63 Å². The molecular weight excluding hydrogens is 240 g/mol. The van der Waals surface area contributed by atoms with Gasteiger partial charge in [0.2, 0.25) is 0 Å². The summed E-state index contributed by atoms with van der Waals surface area (Å²) in [4.78, 5) is 0.881. The molecule has 0 saturated carbocycles. The van der Waals surface area contributed by atoms with Crippen LogP contribution in [0.4, 0.5) is 5.69 Å². The standard InChI is InChI=1S/C9H8N6OS/c1-15-4-11-12-9(15)17-6-3-2-5(10)7-8(6)14-16-13-7/h2-4H,10H2,1H3. The number of hydrogen-bond acceptors (Lipinski definition) is 7. The van der Waals surface area contributed by atoms with E-state index in [1.807, 2.05) is 17.7 Å². The maximum atomic E-state index is 5.77. The second kappa shape index (κ2) is 3.74. The van der Waals surface area contributed by atoms with Crippen LogP contribution in [0.1, 0.15) is 0 Å². The van der Waals surface area contributed by atoms with E-state index in [9.17, 15) is 0 Å². The van der Waals surface area contributed by atoms with E-state index in [-0.39, 0.29) is 0 Å². The SMILES string of the molecule is Cn1cnnc1Sc1ccc(N)c2nonc12. The normalized spacial score (nSPS) is 11.1. The third-order valence-electron chi connectivity index (χ3n) is 2.28. The number of rotatable bonds is 2. The van der Waals surface area contributed by atoms with Gasteiger partial charge in [-0.25, -0.2) is 4.63 Å². The number of aryl methyl sites for hydroxylation is 1. The Morgan fingerprint density at radius 2 is 2.12 bits per heavy atom. The fourth-order valence-electron chi connectivity index (χ4n) is 1.41. The van der Waals surface area contributed by atoms with Gasteiger partial charge in [-0.2, -0.15) is 0 Å². The number of hydrogen-bond donors (Lipinski definition) is 1. The van der Waals surface area contributed by atoms with E-state index in [1.165, 1.54) is 11.8 Å². The van der Waals surface area contributed by atoms with Crippen LogP contribution in [0, 0.1) is 0 Å². The summed E-state index contributed by atoms with van der Waals surface area (Å²) in [6.07, 6.45) is 1.64. The minimum Gasteiger partial charge on any atom is -0.397 e. The average molecular weight is 248 g/mol. The number of nitrogen functional groups attached to an aromatic ring is 1. The van der Waals surface area contributed by atoms with Crippen molar-refractivity contribution in [1.29, 1.82) is 0 Å². The lowest BCUT2D eigenvalue weighted by Crippen LogP contribution is -1.91. The highest BCUT2D eigenvalue weighted by Gasteiger charge is 2.13. The first-order valence-corrected chi connectivity index (χ1v) is 5.60. The minimum absolute atomic E-state index is 0.545. The number of nitrogens with two attached hydrogens (primary N) is 1. The molecule has 2 aromatic heterocycles. The van der Waals surface area contributed by atoms with Crippen molar-refractivity contribution in [1.82, 2.24) is 25.1 Å². The first-order valence-electron chi connectivity index (χ1n) is 4.78. The van der Waals surface area contributed by atoms with Gasteiger partial charge in [0.05, 0.1) is 5.69 Å². The van der Waals surface area contributed by atoms with Crippen molar-refractivity contribution in [3.8, 4) is 0 Å². The number of aromatic nitrogens is 5. The van der Waals surface area contributed by atoms with Crippen molar-refractivity contribution >= 4 is 28.5 Å². The molecule has 8 heteroatoms. The zero-order valence-electron chi connectivity index (χ0n) is 8.86. The van der Waals surface area contributed by atoms with E-state index < -0.39 is 0 Å². The summed E-state index contributed by atoms with van der Waals surface area (Å²) in [6, 6.07) is 3.63. The first-order chi connectivity index (χ1) is 8.25. The molecule has 2 heterocycles. The van der Waals surface area contributed by atoms with Crippen LogP contribution in [0.25, 0.3) is 11.0 Å². The summed E-state index contributed by atoms with van der Waals surface area (Å²) in [5.74, 6) is 0. The molecule has 0 aliphatic carbocycles. The Balaban J connectivity index is 2.09. The molecule has 86 valence electrons. The molecule has 0 spiro atoms. The molecule has 0 atom stereocenters. The quantitative estimate of drug-likeness (QED) is 0.678. The van der Waals surface area contributed by atoms with Crippen LogP contribution in [0.5, 0.6) is 0 Å². The van der Waals surface area contributed by atoms with Gasteiger partial charge in [-0.3, -0.25) is 0 Å². The van der Waals surface area contributed by atoms with Crippen LogP contribution in [-0.4, -0.2) is 25.1 Å². The van der Waals surface area contributed by atoms with Gasteiger partial charge in [0.15, 0.2) is 16.2 Å². The highest BCUT2D eigenvalue weighted by molar-refractivity contribution is 7.99. The molecule has 2 N–H and O–H groups in total. The monoisotopic (exact) mass is 248 g/mol. The molecule has 17 heavy (non-hydrogen) atoms. The second-order valence-corrected chi connectivity index (χ2v) is 4.45. The predicted molar refractivity (Wildman–Crippen MR) is 61.3 cm³/mol. The lowest BCUT2D eigenvalue weighted by Gasteiger charge is -2.01. The molecule has 0 unspecified atom stereocenters. The third-order valence-corrected chi connectivity index (χ3v) is 3.38. The van der Waals surface area contributed by atoms with Gasteiger partial charge in [-0.05, 0) is 34.2 Å². The summed E-state index contributed by atoms with van der Waals surface area (Å²) >= 11 is 1.43. The lowest BCUT2D eigenvalue weighted by atomic mass is 10.3. The van der Waals surface area contributed by atoms with E-state index in [0.29, 0.717) is 16.7 Å². The first kappa shape index (κ1) is 10.1. The molecule has 0 bridgehead atoms. The number of benzene rings is 1. The fraction of sp³-hybridized carbons (Fsp3) is 0.111. The molecule has 0 aliphatic heterocycles. The smallest absolute Gasteiger partial charge is 0.195 e. The zero-order valence-corrected chi connectivity index (χ0v) is 9.68. The Morgan fingerprint density at radius 1 is 1.29 bits per heavy atom. The van der Waals surface area contributed by atoms with E-state index in [2.05, 4.69) is 20.5 Å². The van der Waals surface area contributed by atoms with Crippen molar-refractivity contribution in [3.63, 3.8) is 0 Å². The van der Waals surface area contributed by atoms with Crippen LogP contribution >= 0.6 is 11.8 Å². The van der Waals surface area contributed by atoms with E-state index in [0.717, 1.165) is 10.1 Å². The van der Waals surface area contributed by atoms with Gasteiger partial charge in [0.25, 0.3) is 0 Å².